The molecule has 0 unspecified atom stereocenters. The number of carbonyl (C=O) groups is 1. The minimum Gasteiger partial charge on any atom is -0.486 e. The van der Waals surface area contributed by atoms with Crippen LogP contribution in [0.2, 0.25) is 0 Å². The van der Waals surface area contributed by atoms with Crippen LogP contribution in [0.4, 0.5) is 24.8 Å². The van der Waals surface area contributed by atoms with Gasteiger partial charge >= 0.3 is 6.55 Å². The summed E-state index contributed by atoms with van der Waals surface area (Å²) in [4.78, 5) is 25.4. The number of amides is 1. The first-order valence-corrected chi connectivity index (χ1v) is 10.9. The highest BCUT2D eigenvalue weighted by molar-refractivity contribution is 5.80. The molecule has 0 saturated carbocycles. The van der Waals surface area contributed by atoms with E-state index in [1.165, 1.54) is 36.5 Å². The molecule has 0 aliphatic carbocycles. The first-order chi connectivity index (χ1) is 17.2. The minimum atomic E-state index is -2.79. The summed E-state index contributed by atoms with van der Waals surface area (Å²) in [5, 5.41) is 25.3. The number of hydrogen-bond donors (Lipinski definition) is 2. The van der Waals surface area contributed by atoms with Crippen molar-refractivity contribution >= 4 is 17.5 Å². The molecule has 2 aromatic heterocycles. The van der Waals surface area contributed by atoms with Gasteiger partial charge < -0.3 is 20.1 Å². The number of likely N-dealkylation sites (tertiary alicyclic amines) is 1. The van der Waals surface area contributed by atoms with Crippen molar-refractivity contribution in [2.75, 3.05) is 18.4 Å². The maximum Gasteiger partial charge on any atom is 0.333 e. The molecule has 188 valence electrons. The molecule has 1 amide bonds. The van der Waals surface area contributed by atoms with Crippen molar-refractivity contribution in [2.24, 2.45) is 0 Å². The van der Waals surface area contributed by atoms with Crippen molar-refractivity contribution < 1.29 is 27.8 Å². The highest BCUT2D eigenvalue weighted by Gasteiger charge is 2.34. The molecule has 3 aromatic rings. The van der Waals surface area contributed by atoms with Crippen LogP contribution in [0.1, 0.15) is 25.5 Å². The average Bonchev–Trinajstić information content (AvgIpc) is 3.34. The summed E-state index contributed by atoms with van der Waals surface area (Å²) < 4.78 is 46.3. The van der Waals surface area contributed by atoms with E-state index in [2.05, 4.69) is 25.4 Å². The van der Waals surface area contributed by atoms with E-state index >= 15 is 0 Å². The van der Waals surface area contributed by atoms with Crippen LogP contribution >= 0.6 is 0 Å². The zero-order chi connectivity index (χ0) is 25.8. The Morgan fingerprint density at radius 1 is 1.36 bits per heavy atom. The maximum absolute atomic E-state index is 14.7. The Kier molecular flexibility index (Phi) is 7.30. The molecular weight excluding hydrogens is 481 g/mol. The summed E-state index contributed by atoms with van der Waals surface area (Å²) in [6.45, 7) is -1.46. The van der Waals surface area contributed by atoms with Crippen LogP contribution in [0.25, 0.3) is 11.4 Å². The molecule has 1 aliphatic heterocycles. The molecule has 0 spiro atoms. The summed E-state index contributed by atoms with van der Waals surface area (Å²) in [5.74, 6) is -0.111. The molecule has 3 atom stereocenters. The summed E-state index contributed by atoms with van der Waals surface area (Å²) >= 11 is 0. The van der Waals surface area contributed by atoms with Gasteiger partial charge in [0.25, 0.3) is 5.91 Å². The van der Waals surface area contributed by atoms with E-state index in [1.54, 1.807) is 6.07 Å². The number of halogens is 3. The van der Waals surface area contributed by atoms with Gasteiger partial charge in [0.1, 0.15) is 30.4 Å². The normalized spacial score (nSPS) is 18.5. The number of alkyl halides is 3. The number of rotatable bonds is 7. The number of piperidine rings is 1. The maximum atomic E-state index is 14.7. The van der Waals surface area contributed by atoms with Crippen LogP contribution in [0.15, 0.2) is 36.9 Å². The molecule has 1 saturated heterocycles. The summed E-state index contributed by atoms with van der Waals surface area (Å²) in [5.41, 5.74) is 0.813. The number of aliphatic hydroxyl groups excluding tert-OH is 1. The smallest absolute Gasteiger partial charge is 0.333 e. The summed E-state index contributed by atoms with van der Waals surface area (Å²) in [7, 11) is 0. The number of hydrogen-bond acceptors (Lipinski definition) is 9. The molecule has 4 rings (SSSR count). The Hall–Kier alpha value is -4.25. The van der Waals surface area contributed by atoms with Gasteiger partial charge in [-0.15, -0.1) is 0 Å². The molecule has 2 N–H and O–H groups in total. The van der Waals surface area contributed by atoms with Gasteiger partial charge in [-0.1, -0.05) is 0 Å². The van der Waals surface area contributed by atoms with Crippen molar-refractivity contribution in [1.29, 1.82) is 5.26 Å². The molecule has 36 heavy (non-hydrogen) atoms. The molecule has 1 aliphatic rings. The number of anilines is 2. The topological polar surface area (TPSA) is 142 Å². The Balaban J connectivity index is 1.47. The van der Waals surface area contributed by atoms with Gasteiger partial charge in [-0.2, -0.15) is 24.1 Å². The number of nitrogens with one attached hydrogen (secondary N) is 1. The third-order valence-corrected chi connectivity index (χ3v) is 5.42. The second-order valence-corrected chi connectivity index (χ2v) is 7.99. The predicted molar refractivity (Wildman–Crippen MR) is 119 cm³/mol. The summed E-state index contributed by atoms with van der Waals surface area (Å²) in [6, 6.07) is 6.57. The molecule has 11 nitrogen and oxygen atoms in total. The zero-order valence-electron chi connectivity index (χ0n) is 18.9. The van der Waals surface area contributed by atoms with Crippen LogP contribution in [-0.4, -0.2) is 72.1 Å². The third-order valence-electron chi connectivity index (χ3n) is 5.42. The van der Waals surface area contributed by atoms with E-state index in [9.17, 15) is 28.3 Å². The number of ether oxygens (including phenoxy) is 1. The number of aliphatic hydroxyl groups is 1. The van der Waals surface area contributed by atoms with Crippen molar-refractivity contribution in [1.82, 2.24) is 29.6 Å². The van der Waals surface area contributed by atoms with Gasteiger partial charge in [0.2, 0.25) is 5.95 Å². The minimum absolute atomic E-state index is 0.0754. The van der Waals surface area contributed by atoms with E-state index in [-0.39, 0.29) is 48.3 Å². The van der Waals surface area contributed by atoms with Crippen molar-refractivity contribution in [3.05, 3.63) is 42.5 Å². The lowest BCUT2D eigenvalue weighted by molar-refractivity contribution is -0.143. The first-order valence-electron chi connectivity index (χ1n) is 10.9. The molecule has 3 heterocycles. The second-order valence-electron chi connectivity index (χ2n) is 7.99. The zero-order valence-corrected chi connectivity index (χ0v) is 18.9. The SMILES string of the molecule is C[C@H](O)C(=O)N1CC[C@H](Oc2ccc(-c3ncnc(Nc4cnn(C(F)F)c4)n3)cc2C#N)[C@@H](F)C1. The largest absolute Gasteiger partial charge is 0.486 e. The quantitative estimate of drug-likeness (QED) is 0.498. The monoisotopic (exact) mass is 502 g/mol. The van der Waals surface area contributed by atoms with E-state index < -0.39 is 30.8 Å². The molecule has 1 aromatic carbocycles. The first kappa shape index (κ1) is 24.9. The Bertz CT molecular complexity index is 1280. The van der Waals surface area contributed by atoms with Crippen LogP contribution < -0.4 is 10.1 Å². The fourth-order valence-electron chi connectivity index (χ4n) is 3.64. The van der Waals surface area contributed by atoms with Gasteiger partial charge in [-0.05, 0) is 25.1 Å². The van der Waals surface area contributed by atoms with E-state index in [1.807, 2.05) is 6.07 Å². The van der Waals surface area contributed by atoms with Crippen LogP contribution in [0, 0.1) is 11.3 Å². The van der Waals surface area contributed by atoms with Gasteiger partial charge in [-0.25, -0.2) is 19.0 Å². The van der Waals surface area contributed by atoms with E-state index in [0.717, 1.165) is 6.20 Å². The number of nitrogens with zero attached hydrogens (tertiary/aromatic N) is 7. The van der Waals surface area contributed by atoms with E-state index in [4.69, 9.17) is 4.74 Å². The Morgan fingerprint density at radius 3 is 2.83 bits per heavy atom. The Labute approximate surface area is 203 Å². The van der Waals surface area contributed by atoms with Crippen LogP contribution in [0.3, 0.4) is 0 Å². The second kappa shape index (κ2) is 10.6. The van der Waals surface area contributed by atoms with Crippen LogP contribution in [0.5, 0.6) is 5.75 Å². The highest BCUT2D eigenvalue weighted by atomic mass is 19.3. The Morgan fingerprint density at radius 2 is 2.17 bits per heavy atom. The molecule has 1 fully saturated rings. The van der Waals surface area contributed by atoms with E-state index in [0.29, 0.717) is 10.2 Å². The molecule has 0 bridgehead atoms. The van der Waals surface area contributed by atoms with Gasteiger partial charge in [0, 0.05) is 18.5 Å². The summed E-state index contributed by atoms with van der Waals surface area (Å²) in [6.07, 6.45) is 0.109. The lowest BCUT2D eigenvalue weighted by atomic mass is 10.0. The van der Waals surface area contributed by atoms with Crippen molar-refractivity contribution in [3.63, 3.8) is 0 Å². The molecule has 14 heteroatoms. The average molecular weight is 502 g/mol. The lowest BCUT2D eigenvalue weighted by Crippen LogP contribution is -2.51. The van der Waals surface area contributed by atoms with Crippen molar-refractivity contribution in [3.8, 4) is 23.2 Å². The van der Waals surface area contributed by atoms with Crippen molar-refractivity contribution in [2.45, 2.75) is 38.3 Å². The number of benzene rings is 1. The fraction of sp³-hybridized carbons (Fsp3) is 0.364. The fourth-order valence-corrected chi connectivity index (χ4v) is 3.64. The molecule has 0 radical (unpaired) electrons. The van der Waals surface area contributed by atoms with Crippen LogP contribution in [-0.2, 0) is 4.79 Å². The number of carbonyl (C=O) groups excluding carboxylic acids is 1. The molecular formula is C22H21F3N8O3. The lowest BCUT2D eigenvalue weighted by Gasteiger charge is -2.35. The third kappa shape index (κ3) is 5.52. The van der Waals surface area contributed by atoms with Gasteiger partial charge in [-0.3, -0.25) is 4.79 Å². The predicted octanol–water partition coefficient (Wildman–Crippen LogP) is 2.44. The number of nitriles is 1. The van der Waals surface area contributed by atoms with Gasteiger partial charge in [0.15, 0.2) is 12.0 Å². The van der Waals surface area contributed by atoms with Gasteiger partial charge in [0.05, 0.1) is 30.2 Å². The standard InChI is InChI=1S/C22H21F3N8O3/c1-12(34)20(35)32-5-4-18(16(23)10-32)36-17-3-2-13(6-14(17)7-26)19-27-11-28-22(31-19)30-15-8-29-33(9-15)21(24)25/h2-3,6,8-9,11-12,16,18,21,34H,4-5,10H2,1H3,(H,27,28,30,31)/t12-,16-,18-/m0/s1. The number of aromatic nitrogens is 5. The highest BCUT2D eigenvalue weighted by Crippen LogP contribution is 2.28.